The minimum Gasteiger partial charge on any atom is -0.381 e. The lowest BCUT2D eigenvalue weighted by Gasteiger charge is -2.07. The Morgan fingerprint density at radius 1 is 0.319 bits per heavy atom. The van der Waals surface area contributed by atoms with Crippen LogP contribution in [0.3, 0.4) is 0 Å². The molecule has 0 fully saturated rings. The number of rotatable bonds is 40. The molecule has 0 spiro atoms. The maximum atomic E-state index is 6.00. The molecule has 0 unspecified atom stereocenters. The highest BCUT2D eigenvalue weighted by Crippen LogP contribution is 2.18. The van der Waals surface area contributed by atoms with Gasteiger partial charge in [0.1, 0.15) is 0 Å². The Morgan fingerprint density at radius 3 is 0.809 bits per heavy atom. The molecule has 0 saturated carbocycles. The van der Waals surface area contributed by atoms with Crippen LogP contribution in [-0.4, -0.2) is 26.4 Å². The monoisotopic (exact) mass is 677 g/mol. The van der Waals surface area contributed by atoms with Gasteiger partial charge in [0.2, 0.25) is 0 Å². The van der Waals surface area contributed by atoms with Crippen LogP contribution in [0, 0.1) is 0 Å². The van der Waals surface area contributed by atoms with Gasteiger partial charge in [0.25, 0.3) is 0 Å². The zero-order valence-electron chi connectivity index (χ0n) is 32.2. The molecule has 0 aromatic carbocycles. The molecule has 1 heterocycles. The van der Waals surface area contributed by atoms with E-state index in [9.17, 15) is 0 Å². The molecule has 0 radical (unpaired) electrons. The summed E-state index contributed by atoms with van der Waals surface area (Å²) in [5.74, 6) is 0. The quantitative estimate of drug-likeness (QED) is 0.0644. The van der Waals surface area contributed by atoms with Gasteiger partial charge in [-0.2, -0.15) is 11.3 Å². The molecule has 1 rings (SSSR count). The van der Waals surface area contributed by atoms with Crippen LogP contribution in [0.1, 0.15) is 230 Å². The Kier molecular flexibility index (Phi) is 36.5. The average molecular weight is 677 g/mol. The van der Waals surface area contributed by atoms with Gasteiger partial charge in [-0.15, -0.1) is 0 Å². The van der Waals surface area contributed by atoms with Crippen LogP contribution in [0.4, 0.5) is 0 Å². The molecular formula is C44H84O2S. The van der Waals surface area contributed by atoms with Gasteiger partial charge in [0, 0.05) is 13.2 Å². The molecule has 47 heavy (non-hydrogen) atoms. The molecular weight excluding hydrogens is 593 g/mol. The van der Waals surface area contributed by atoms with Crippen LogP contribution >= 0.6 is 11.3 Å². The number of hydrogen-bond acceptors (Lipinski definition) is 3. The Hall–Kier alpha value is -0.380. The molecule has 0 aliphatic carbocycles. The highest BCUT2D eigenvalue weighted by Gasteiger charge is 2.05. The van der Waals surface area contributed by atoms with E-state index in [1.807, 2.05) is 11.3 Å². The number of unbranched alkanes of at least 4 members (excludes halogenated alkanes) is 30. The molecule has 2 nitrogen and oxygen atoms in total. The zero-order chi connectivity index (χ0) is 33.6. The fraction of sp³-hybridized carbons (Fsp3) is 0.909. The van der Waals surface area contributed by atoms with Crippen molar-refractivity contribution in [1.82, 2.24) is 0 Å². The Balaban J connectivity index is 1.79. The fourth-order valence-corrected chi connectivity index (χ4v) is 7.80. The van der Waals surface area contributed by atoms with Crippen molar-refractivity contribution in [3.8, 4) is 0 Å². The second-order valence-corrected chi connectivity index (χ2v) is 15.5. The third-order valence-electron chi connectivity index (χ3n) is 10.1. The van der Waals surface area contributed by atoms with Crippen molar-refractivity contribution >= 4 is 11.3 Å². The molecule has 0 amide bonds. The van der Waals surface area contributed by atoms with E-state index in [4.69, 9.17) is 9.47 Å². The van der Waals surface area contributed by atoms with Gasteiger partial charge in [0.15, 0.2) is 0 Å². The van der Waals surface area contributed by atoms with Gasteiger partial charge in [-0.3, -0.25) is 0 Å². The van der Waals surface area contributed by atoms with Crippen LogP contribution in [0.5, 0.6) is 0 Å². The van der Waals surface area contributed by atoms with Crippen LogP contribution in [-0.2, 0) is 22.3 Å². The molecule has 0 saturated heterocycles. The Bertz CT molecular complexity index is 644. The number of ether oxygens (including phenoxy) is 2. The number of hydrogen-bond donors (Lipinski definition) is 0. The summed E-state index contributed by atoms with van der Waals surface area (Å²) in [4.78, 5) is 0. The standard InChI is InChI=1S/C44H84O2S/c1-3-5-7-9-11-13-15-17-19-21-23-25-27-29-31-33-37-45-39-35-43-41-47-42-44(43)36-40-46-38-34-32-30-28-26-24-22-20-18-16-14-12-10-8-6-4-2/h41-42H,3-40H2,1-2H3. The fourth-order valence-electron chi connectivity index (χ4n) is 6.86. The maximum Gasteiger partial charge on any atom is 0.0506 e. The third kappa shape index (κ3) is 32.6. The second kappa shape index (κ2) is 38.4. The van der Waals surface area contributed by atoms with E-state index in [1.165, 1.54) is 217 Å². The lowest BCUT2D eigenvalue weighted by Crippen LogP contribution is -2.04. The minimum absolute atomic E-state index is 0.864. The summed E-state index contributed by atoms with van der Waals surface area (Å²) in [6.45, 7) is 8.19. The van der Waals surface area contributed by atoms with Crippen LogP contribution in [0.25, 0.3) is 0 Å². The highest BCUT2D eigenvalue weighted by atomic mass is 32.1. The molecule has 1 aromatic heterocycles. The Labute approximate surface area is 300 Å². The van der Waals surface area contributed by atoms with Gasteiger partial charge in [0.05, 0.1) is 13.2 Å². The van der Waals surface area contributed by atoms with E-state index in [0.717, 1.165) is 39.3 Å². The van der Waals surface area contributed by atoms with E-state index in [2.05, 4.69) is 24.6 Å². The summed E-state index contributed by atoms with van der Waals surface area (Å²) in [5, 5.41) is 4.64. The van der Waals surface area contributed by atoms with Crippen molar-refractivity contribution in [3.63, 3.8) is 0 Å². The molecule has 0 atom stereocenters. The normalized spacial score (nSPS) is 11.6. The van der Waals surface area contributed by atoms with Crippen molar-refractivity contribution in [1.29, 1.82) is 0 Å². The van der Waals surface area contributed by atoms with Crippen LogP contribution in [0.2, 0.25) is 0 Å². The van der Waals surface area contributed by atoms with E-state index in [-0.39, 0.29) is 0 Å². The van der Waals surface area contributed by atoms with E-state index in [1.54, 1.807) is 0 Å². The maximum absolute atomic E-state index is 6.00. The van der Waals surface area contributed by atoms with Gasteiger partial charge in [-0.25, -0.2) is 0 Å². The summed E-state index contributed by atoms with van der Waals surface area (Å²) in [5.41, 5.74) is 2.96. The van der Waals surface area contributed by atoms with Gasteiger partial charge < -0.3 is 9.47 Å². The highest BCUT2D eigenvalue weighted by molar-refractivity contribution is 7.08. The van der Waals surface area contributed by atoms with E-state index in [0.29, 0.717) is 0 Å². The van der Waals surface area contributed by atoms with E-state index < -0.39 is 0 Å². The van der Waals surface area contributed by atoms with Gasteiger partial charge in [-0.1, -0.05) is 206 Å². The topological polar surface area (TPSA) is 18.5 Å². The minimum atomic E-state index is 0.864. The molecule has 1 aromatic rings. The Morgan fingerprint density at radius 2 is 0.553 bits per heavy atom. The predicted molar refractivity (Wildman–Crippen MR) is 212 cm³/mol. The summed E-state index contributed by atoms with van der Waals surface area (Å²) >= 11 is 1.84. The molecule has 3 heteroatoms. The van der Waals surface area contributed by atoms with Crippen LogP contribution < -0.4 is 0 Å². The molecule has 0 bridgehead atoms. The first kappa shape index (κ1) is 44.6. The summed E-state index contributed by atoms with van der Waals surface area (Å²) < 4.78 is 12.0. The molecule has 0 aliphatic rings. The first-order chi connectivity index (χ1) is 23.4. The molecule has 278 valence electrons. The van der Waals surface area contributed by atoms with Crippen LogP contribution in [0.15, 0.2) is 10.8 Å². The van der Waals surface area contributed by atoms with Crippen molar-refractivity contribution in [2.75, 3.05) is 26.4 Å². The predicted octanol–water partition coefficient (Wildman–Crippen LogP) is 15.4. The van der Waals surface area contributed by atoms with Gasteiger partial charge >= 0.3 is 0 Å². The van der Waals surface area contributed by atoms with E-state index >= 15 is 0 Å². The summed E-state index contributed by atoms with van der Waals surface area (Å²) in [6, 6.07) is 0. The lowest BCUT2D eigenvalue weighted by atomic mass is 10.0. The first-order valence-electron chi connectivity index (χ1n) is 21.6. The largest absolute Gasteiger partial charge is 0.381 e. The number of thiophene rings is 1. The van der Waals surface area contributed by atoms with Crippen molar-refractivity contribution < 1.29 is 9.47 Å². The summed E-state index contributed by atoms with van der Waals surface area (Å²) in [6.07, 6.45) is 47.5. The zero-order valence-corrected chi connectivity index (χ0v) is 33.1. The van der Waals surface area contributed by atoms with Crippen molar-refractivity contribution in [2.45, 2.75) is 232 Å². The SMILES string of the molecule is CCCCCCCCCCCCCCCCCCOCCc1cscc1CCOCCCCCCCCCCCCCCCCCC. The first-order valence-corrected chi connectivity index (χ1v) is 22.5. The molecule has 0 N–H and O–H groups in total. The second-order valence-electron chi connectivity index (χ2n) is 14.8. The smallest absolute Gasteiger partial charge is 0.0506 e. The van der Waals surface area contributed by atoms with Crippen molar-refractivity contribution in [3.05, 3.63) is 21.9 Å². The molecule has 0 aliphatic heterocycles. The van der Waals surface area contributed by atoms with Crippen molar-refractivity contribution in [2.24, 2.45) is 0 Å². The van der Waals surface area contributed by atoms with Gasteiger partial charge in [-0.05, 0) is 47.6 Å². The average Bonchev–Trinajstić information content (AvgIpc) is 3.53. The summed E-state index contributed by atoms with van der Waals surface area (Å²) in [7, 11) is 0. The lowest BCUT2D eigenvalue weighted by molar-refractivity contribution is 0.129. The third-order valence-corrected chi connectivity index (χ3v) is 11.0.